The highest BCUT2D eigenvalue weighted by molar-refractivity contribution is 5.94. The number of hydrogen-bond acceptors (Lipinski definition) is 5. The highest BCUT2D eigenvalue weighted by atomic mass is 16.5. The molecule has 1 saturated heterocycles. The average Bonchev–Trinajstić information content (AvgIpc) is 3.16. The van der Waals surface area contributed by atoms with Gasteiger partial charge in [-0.05, 0) is 52.2 Å². The van der Waals surface area contributed by atoms with E-state index in [0.29, 0.717) is 11.3 Å². The second-order valence-electron chi connectivity index (χ2n) is 7.30. The number of piperidine rings is 1. The highest BCUT2D eigenvalue weighted by Gasteiger charge is 2.29. The summed E-state index contributed by atoms with van der Waals surface area (Å²) < 4.78 is 10.7. The SMILES string of the molecule is CC(=O)c1ccc(-c2ccc(C(=O)OCC(=O)N3[C@@H](C)CCC[C@@H]3C)o2)cc1. The van der Waals surface area contributed by atoms with Gasteiger partial charge in [0.2, 0.25) is 5.76 Å². The van der Waals surface area contributed by atoms with Crippen molar-refractivity contribution < 1.29 is 23.5 Å². The van der Waals surface area contributed by atoms with E-state index in [1.165, 1.54) is 13.0 Å². The van der Waals surface area contributed by atoms with Crippen molar-refractivity contribution in [3.8, 4) is 11.3 Å². The Kier molecular flexibility index (Phi) is 5.97. The van der Waals surface area contributed by atoms with Crippen LogP contribution in [0.3, 0.4) is 0 Å². The molecule has 0 spiro atoms. The predicted octanol–water partition coefficient (Wildman–Crippen LogP) is 4.10. The summed E-state index contributed by atoms with van der Waals surface area (Å²) in [7, 11) is 0. The number of hydrogen-bond donors (Lipinski definition) is 0. The van der Waals surface area contributed by atoms with Crippen molar-refractivity contribution in [2.24, 2.45) is 0 Å². The van der Waals surface area contributed by atoms with Gasteiger partial charge in [-0.25, -0.2) is 4.79 Å². The second-order valence-corrected chi connectivity index (χ2v) is 7.30. The Morgan fingerprint density at radius 3 is 2.29 bits per heavy atom. The molecule has 1 amide bonds. The first-order chi connectivity index (χ1) is 13.4. The number of likely N-dealkylation sites (tertiary alicyclic amines) is 1. The normalized spacial score (nSPS) is 19.3. The predicted molar refractivity (Wildman–Crippen MR) is 104 cm³/mol. The molecular weight excluding hydrogens is 358 g/mol. The molecule has 1 fully saturated rings. The zero-order valence-corrected chi connectivity index (χ0v) is 16.4. The largest absolute Gasteiger partial charge is 0.450 e. The third-order valence-electron chi connectivity index (χ3n) is 5.19. The van der Waals surface area contributed by atoms with Gasteiger partial charge in [0.1, 0.15) is 5.76 Å². The quantitative estimate of drug-likeness (QED) is 0.574. The minimum absolute atomic E-state index is 0.0164. The van der Waals surface area contributed by atoms with Crippen LogP contribution in [0.5, 0.6) is 0 Å². The Labute approximate surface area is 164 Å². The molecule has 148 valence electrons. The van der Waals surface area contributed by atoms with Gasteiger partial charge in [0, 0.05) is 23.2 Å². The second kappa shape index (κ2) is 8.42. The number of ketones is 1. The molecule has 1 aromatic carbocycles. The number of carbonyl (C=O) groups is 3. The first kappa shape index (κ1) is 19.9. The Morgan fingerprint density at radius 1 is 1.04 bits per heavy atom. The third kappa shape index (κ3) is 4.32. The van der Waals surface area contributed by atoms with E-state index in [0.717, 1.165) is 24.8 Å². The van der Waals surface area contributed by atoms with Crippen LogP contribution < -0.4 is 0 Å². The van der Waals surface area contributed by atoms with E-state index in [2.05, 4.69) is 0 Å². The van der Waals surface area contributed by atoms with Crippen LogP contribution >= 0.6 is 0 Å². The van der Waals surface area contributed by atoms with Crippen LogP contribution in [-0.2, 0) is 9.53 Å². The molecule has 1 aliphatic heterocycles. The standard InChI is InChI=1S/C22H25NO5/c1-14-5-4-6-15(2)23(14)21(25)13-27-22(26)20-12-11-19(28-20)18-9-7-17(8-10-18)16(3)24/h7-12,14-15H,4-6,13H2,1-3H3/t14-,15-/m0/s1. The van der Waals surface area contributed by atoms with Crippen LogP contribution in [0.1, 0.15) is 60.9 Å². The fraction of sp³-hybridized carbons (Fsp3) is 0.409. The van der Waals surface area contributed by atoms with Crippen LogP contribution in [0.4, 0.5) is 0 Å². The zero-order chi connectivity index (χ0) is 20.3. The Morgan fingerprint density at radius 2 is 1.68 bits per heavy atom. The number of Topliss-reactive ketones (excluding diaryl/α,β-unsaturated/α-hetero) is 1. The fourth-order valence-corrected chi connectivity index (χ4v) is 3.66. The van der Waals surface area contributed by atoms with Crippen LogP contribution in [0.2, 0.25) is 0 Å². The smallest absolute Gasteiger partial charge is 0.374 e. The number of benzene rings is 1. The summed E-state index contributed by atoms with van der Waals surface area (Å²) in [6.45, 7) is 5.25. The molecule has 1 aromatic heterocycles. The molecule has 0 unspecified atom stereocenters. The highest BCUT2D eigenvalue weighted by Crippen LogP contribution is 2.24. The number of rotatable bonds is 5. The molecular formula is C22H25NO5. The fourth-order valence-electron chi connectivity index (χ4n) is 3.66. The van der Waals surface area contributed by atoms with E-state index in [4.69, 9.17) is 9.15 Å². The van der Waals surface area contributed by atoms with Crippen molar-refractivity contribution in [2.75, 3.05) is 6.61 Å². The number of furan rings is 1. The van der Waals surface area contributed by atoms with Gasteiger partial charge in [-0.1, -0.05) is 24.3 Å². The summed E-state index contributed by atoms with van der Waals surface area (Å²) >= 11 is 0. The van der Waals surface area contributed by atoms with Crippen molar-refractivity contribution in [3.05, 3.63) is 47.7 Å². The summed E-state index contributed by atoms with van der Waals surface area (Å²) in [6.07, 6.45) is 3.04. The molecule has 2 heterocycles. The third-order valence-corrected chi connectivity index (χ3v) is 5.19. The van der Waals surface area contributed by atoms with Gasteiger partial charge < -0.3 is 14.1 Å². The van der Waals surface area contributed by atoms with Gasteiger partial charge in [-0.15, -0.1) is 0 Å². The molecule has 28 heavy (non-hydrogen) atoms. The van der Waals surface area contributed by atoms with E-state index in [1.54, 1.807) is 35.2 Å². The van der Waals surface area contributed by atoms with E-state index in [1.807, 2.05) is 13.8 Å². The molecule has 2 atom stereocenters. The molecule has 0 radical (unpaired) electrons. The summed E-state index contributed by atoms with van der Waals surface area (Å²) in [5.74, 6) is -0.334. The topological polar surface area (TPSA) is 76.8 Å². The maximum atomic E-state index is 12.5. The lowest BCUT2D eigenvalue weighted by atomic mass is 9.97. The molecule has 0 aliphatic carbocycles. The van der Waals surface area contributed by atoms with E-state index < -0.39 is 5.97 Å². The van der Waals surface area contributed by atoms with Crippen molar-refractivity contribution in [1.82, 2.24) is 4.90 Å². The van der Waals surface area contributed by atoms with Crippen LogP contribution in [-0.4, -0.2) is 41.3 Å². The van der Waals surface area contributed by atoms with E-state index in [-0.39, 0.29) is 36.1 Å². The van der Waals surface area contributed by atoms with E-state index >= 15 is 0 Å². The minimum Gasteiger partial charge on any atom is -0.450 e. The first-order valence-electron chi connectivity index (χ1n) is 9.56. The number of amides is 1. The average molecular weight is 383 g/mol. The van der Waals surface area contributed by atoms with Crippen molar-refractivity contribution >= 4 is 17.7 Å². The van der Waals surface area contributed by atoms with Crippen molar-refractivity contribution in [1.29, 1.82) is 0 Å². The monoisotopic (exact) mass is 383 g/mol. The molecule has 0 bridgehead atoms. The summed E-state index contributed by atoms with van der Waals surface area (Å²) in [5.41, 5.74) is 1.35. The minimum atomic E-state index is -0.669. The lowest BCUT2D eigenvalue weighted by Gasteiger charge is -2.38. The summed E-state index contributed by atoms with van der Waals surface area (Å²) in [5, 5.41) is 0. The Bertz CT molecular complexity index is 857. The van der Waals surface area contributed by atoms with Crippen LogP contribution in [0, 0.1) is 0 Å². The molecule has 0 saturated carbocycles. The molecule has 0 N–H and O–H groups in total. The lowest BCUT2D eigenvalue weighted by molar-refractivity contribution is -0.140. The van der Waals surface area contributed by atoms with Gasteiger partial charge in [0.05, 0.1) is 0 Å². The first-order valence-corrected chi connectivity index (χ1v) is 9.56. The molecule has 3 rings (SSSR count). The van der Waals surface area contributed by atoms with Gasteiger partial charge in [-0.3, -0.25) is 9.59 Å². The lowest BCUT2D eigenvalue weighted by Crippen LogP contribution is -2.49. The van der Waals surface area contributed by atoms with Crippen molar-refractivity contribution in [2.45, 2.75) is 52.1 Å². The Hall–Kier alpha value is -2.89. The Balaban J connectivity index is 1.61. The van der Waals surface area contributed by atoms with Gasteiger partial charge in [0.25, 0.3) is 5.91 Å². The maximum Gasteiger partial charge on any atom is 0.374 e. The molecule has 6 nitrogen and oxygen atoms in total. The number of carbonyl (C=O) groups excluding carboxylic acids is 3. The number of ether oxygens (including phenoxy) is 1. The van der Waals surface area contributed by atoms with Crippen LogP contribution in [0.25, 0.3) is 11.3 Å². The number of esters is 1. The van der Waals surface area contributed by atoms with Gasteiger partial charge >= 0.3 is 5.97 Å². The molecule has 6 heteroatoms. The maximum absolute atomic E-state index is 12.5. The van der Waals surface area contributed by atoms with Gasteiger partial charge in [0.15, 0.2) is 12.4 Å². The van der Waals surface area contributed by atoms with E-state index in [9.17, 15) is 14.4 Å². The van der Waals surface area contributed by atoms with Crippen LogP contribution in [0.15, 0.2) is 40.8 Å². The van der Waals surface area contributed by atoms with Gasteiger partial charge in [-0.2, -0.15) is 0 Å². The molecule has 2 aromatic rings. The zero-order valence-electron chi connectivity index (χ0n) is 16.4. The molecule has 1 aliphatic rings. The van der Waals surface area contributed by atoms with Crippen molar-refractivity contribution in [3.63, 3.8) is 0 Å². The number of nitrogens with zero attached hydrogens (tertiary/aromatic N) is 1. The summed E-state index contributed by atoms with van der Waals surface area (Å²) in [6, 6.07) is 10.4. The summed E-state index contributed by atoms with van der Waals surface area (Å²) in [4.78, 5) is 37.9.